The van der Waals surface area contributed by atoms with Gasteiger partial charge in [-0.15, -0.1) is 0 Å². The van der Waals surface area contributed by atoms with Gasteiger partial charge in [0, 0.05) is 12.1 Å². The second kappa shape index (κ2) is 5.37. The molecule has 0 aromatic carbocycles. The fraction of sp³-hybridized carbons (Fsp3) is 0.455. The number of nitrogens with zero attached hydrogens (tertiary/aromatic N) is 1. The fourth-order valence-corrected chi connectivity index (χ4v) is 1.15. The highest BCUT2D eigenvalue weighted by atomic mass is 16.1. The standard InChI is InChI=1S/C11H16N2O/c1-3-5-9-6-7-10(8-12-9)13-11(14)4-2/h6-8H,3-5H2,1-2H3,(H,13,14). The number of aryl methyl sites for hydroxylation is 1. The van der Waals surface area contributed by atoms with E-state index in [0.717, 1.165) is 24.2 Å². The van der Waals surface area contributed by atoms with Gasteiger partial charge < -0.3 is 5.32 Å². The van der Waals surface area contributed by atoms with E-state index < -0.39 is 0 Å². The Kier molecular flexibility index (Phi) is 4.11. The maximum atomic E-state index is 11.1. The number of carbonyl (C=O) groups excluding carboxylic acids is 1. The molecule has 14 heavy (non-hydrogen) atoms. The number of nitrogens with one attached hydrogen (secondary N) is 1. The van der Waals surface area contributed by atoms with Gasteiger partial charge in [0.15, 0.2) is 0 Å². The molecule has 0 radical (unpaired) electrons. The Bertz CT molecular complexity index is 293. The van der Waals surface area contributed by atoms with Crippen LogP contribution in [-0.2, 0) is 11.2 Å². The summed E-state index contributed by atoms with van der Waals surface area (Å²) in [5.74, 6) is 0.0232. The molecule has 0 aliphatic rings. The highest BCUT2D eigenvalue weighted by Crippen LogP contribution is 2.07. The number of amides is 1. The maximum absolute atomic E-state index is 11.1. The highest BCUT2D eigenvalue weighted by molar-refractivity contribution is 5.90. The van der Waals surface area contributed by atoms with Crippen molar-refractivity contribution in [1.82, 2.24) is 4.98 Å². The summed E-state index contributed by atoms with van der Waals surface area (Å²) >= 11 is 0. The summed E-state index contributed by atoms with van der Waals surface area (Å²) in [5.41, 5.74) is 1.85. The molecule has 0 aliphatic heterocycles. The van der Waals surface area contributed by atoms with Crippen LogP contribution in [0.1, 0.15) is 32.4 Å². The topological polar surface area (TPSA) is 42.0 Å². The molecule has 1 aromatic heterocycles. The van der Waals surface area contributed by atoms with Crippen LogP contribution in [0.15, 0.2) is 18.3 Å². The van der Waals surface area contributed by atoms with Crippen molar-refractivity contribution in [2.24, 2.45) is 0 Å². The van der Waals surface area contributed by atoms with E-state index in [9.17, 15) is 4.79 Å². The Balaban J connectivity index is 2.59. The lowest BCUT2D eigenvalue weighted by atomic mass is 10.2. The minimum absolute atomic E-state index is 0.0232. The third kappa shape index (κ3) is 3.17. The third-order valence-electron chi connectivity index (χ3n) is 1.94. The first-order valence-electron chi connectivity index (χ1n) is 5.01. The molecule has 1 aromatic rings. The van der Waals surface area contributed by atoms with Crippen molar-refractivity contribution in [3.63, 3.8) is 0 Å². The SMILES string of the molecule is CCCc1ccc(NC(=O)CC)cn1. The van der Waals surface area contributed by atoms with Crippen molar-refractivity contribution in [1.29, 1.82) is 0 Å². The van der Waals surface area contributed by atoms with E-state index in [-0.39, 0.29) is 5.91 Å². The van der Waals surface area contributed by atoms with Gasteiger partial charge in [0.05, 0.1) is 11.9 Å². The van der Waals surface area contributed by atoms with E-state index in [1.54, 1.807) is 6.20 Å². The predicted octanol–water partition coefficient (Wildman–Crippen LogP) is 2.38. The van der Waals surface area contributed by atoms with Gasteiger partial charge in [0.1, 0.15) is 0 Å². The summed E-state index contributed by atoms with van der Waals surface area (Å²) in [5, 5.41) is 2.76. The normalized spacial score (nSPS) is 9.86. The van der Waals surface area contributed by atoms with Crippen LogP contribution in [0.25, 0.3) is 0 Å². The maximum Gasteiger partial charge on any atom is 0.224 e. The molecule has 0 saturated heterocycles. The van der Waals surface area contributed by atoms with Crippen LogP contribution in [0.4, 0.5) is 5.69 Å². The first-order chi connectivity index (χ1) is 6.76. The van der Waals surface area contributed by atoms with Crippen molar-refractivity contribution in [3.05, 3.63) is 24.0 Å². The van der Waals surface area contributed by atoms with Crippen molar-refractivity contribution in [2.75, 3.05) is 5.32 Å². The molecule has 0 saturated carbocycles. The highest BCUT2D eigenvalue weighted by Gasteiger charge is 1.99. The minimum atomic E-state index is 0.0232. The number of pyridine rings is 1. The van der Waals surface area contributed by atoms with Crippen molar-refractivity contribution < 1.29 is 4.79 Å². The summed E-state index contributed by atoms with van der Waals surface area (Å²) in [6.07, 6.45) is 4.28. The number of anilines is 1. The summed E-state index contributed by atoms with van der Waals surface area (Å²) in [6, 6.07) is 3.85. The van der Waals surface area contributed by atoms with Gasteiger partial charge in [0.25, 0.3) is 0 Å². The lowest BCUT2D eigenvalue weighted by Crippen LogP contribution is -2.09. The summed E-state index contributed by atoms with van der Waals surface area (Å²) < 4.78 is 0. The molecule has 1 heterocycles. The molecule has 1 N–H and O–H groups in total. The van der Waals surface area contributed by atoms with Crippen LogP contribution in [0.5, 0.6) is 0 Å². The Morgan fingerprint density at radius 1 is 1.43 bits per heavy atom. The average Bonchev–Trinajstić information content (AvgIpc) is 2.21. The minimum Gasteiger partial charge on any atom is -0.325 e. The smallest absolute Gasteiger partial charge is 0.224 e. The monoisotopic (exact) mass is 192 g/mol. The summed E-state index contributed by atoms with van der Waals surface area (Å²) in [6.45, 7) is 3.95. The van der Waals surface area contributed by atoms with Crippen molar-refractivity contribution in [2.45, 2.75) is 33.1 Å². The molecule has 0 spiro atoms. The lowest BCUT2D eigenvalue weighted by molar-refractivity contribution is -0.115. The second-order valence-electron chi connectivity index (χ2n) is 3.19. The van der Waals surface area contributed by atoms with Gasteiger partial charge >= 0.3 is 0 Å². The van der Waals surface area contributed by atoms with Crippen LogP contribution in [0.2, 0.25) is 0 Å². The number of hydrogen-bond acceptors (Lipinski definition) is 2. The zero-order valence-electron chi connectivity index (χ0n) is 8.71. The largest absolute Gasteiger partial charge is 0.325 e. The molecule has 1 rings (SSSR count). The van der Waals surface area contributed by atoms with Gasteiger partial charge in [-0.1, -0.05) is 20.3 Å². The molecule has 0 unspecified atom stereocenters. The van der Waals surface area contributed by atoms with Gasteiger partial charge in [-0.3, -0.25) is 9.78 Å². The van der Waals surface area contributed by atoms with E-state index in [1.165, 1.54) is 0 Å². The van der Waals surface area contributed by atoms with Crippen LogP contribution < -0.4 is 5.32 Å². The Morgan fingerprint density at radius 2 is 2.21 bits per heavy atom. The van der Waals surface area contributed by atoms with Gasteiger partial charge in [-0.25, -0.2) is 0 Å². The molecule has 0 bridgehead atoms. The quantitative estimate of drug-likeness (QED) is 0.795. The average molecular weight is 192 g/mol. The predicted molar refractivity (Wildman–Crippen MR) is 57.2 cm³/mol. The summed E-state index contributed by atoms with van der Waals surface area (Å²) in [7, 11) is 0. The van der Waals surface area contributed by atoms with E-state index in [2.05, 4.69) is 17.2 Å². The van der Waals surface area contributed by atoms with Crippen LogP contribution in [-0.4, -0.2) is 10.9 Å². The van der Waals surface area contributed by atoms with Crippen LogP contribution >= 0.6 is 0 Å². The van der Waals surface area contributed by atoms with Crippen LogP contribution in [0.3, 0.4) is 0 Å². The second-order valence-corrected chi connectivity index (χ2v) is 3.19. The fourth-order valence-electron chi connectivity index (χ4n) is 1.15. The van der Waals surface area contributed by atoms with E-state index in [0.29, 0.717) is 6.42 Å². The summed E-state index contributed by atoms with van der Waals surface area (Å²) in [4.78, 5) is 15.3. The number of carbonyl (C=O) groups is 1. The van der Waals surface area contributed by atoms with E-state index in [1.807, 2.05) is 19.1 Å². The third-order valence-corrected chi connectivity index (χ3v) is 1.94. The Morgan fingerprint density at radius 3 is 2.71 bits per heavy atom. The molecule has 0 atom stereocenters. The number of hydrogen-bond donors (Lipinski definition) is 1. The lowest BCUT2D eigenvalue weighted by Gasteiger charge is -2.03. The zero-order chi connectivity index (χ0) is 10.4. The Labute approximate surface area is 84.6 Å². The number of rotatable bonds is 4. The van der Waals surface area contributed by atoms with E-state index in [4.69, 9.17) is 0 Å². The Hall–Kier alpha value is -1.38. The molecule has 1 amide bonds. The first-order valence-corrected chi connectivity index (χ1v) is 5.01. The van der Waals surface area contributed by atoms with Gasteiger partial charge in [-0.05, 0) is 18.6 Å². The molecule has 0 fully saturated rings. The molecule has 0 aliphatic carbocycles. The molecular formula is C11H16N2O. The van der Waals surface area contributed by atoms with Crippen molar-refractivity contribution >= 4 is 11.6 Å². The zero-order valence-corrected chi connectivity index (χ0v) is 8.71. The van der Waals surface area contributed by atoms with Crippen molar-refractivity contribution in [3.8, 4) is 0 Å². The molecular weight excluding hydrogens is 176 g/mol. The molecule has 76 valence electrons. The number of aromatic nitrogens is 1. The van der Waals surface area contributed by atoms with Gasteiger partial charge in [-0.2, -0.15) is 0 Å². The van der Waals surface area contributed by atoms with E-state index >= 15 is 0 Å². The molecule has 3 nitrogen and oxygen atoms in total. The molecule has 3 heteroatoms. The van der Waals surface area contributed by atoms with Crippen LogP contribution in [0, 0.1) is 0 Å². The first kappa shape index (κ1) is 10.7. The van der Waals surface area contributed by atoms with Gasteiger partial charge in [0.2, 0.25) is 5.91 Å².